The highest BCUT2D eigenvalue weighted by molar-refractivity contribution is 14.0. The standard InChI is InChI=1S/C15H23N5S2.HI/c1-5-12-7-17-13(22-12)8-18-15(16-6-2)19-9-14-20-10(3)11(4)21-14;/h7H,5-6,8-9H2,1-4H3,(H2,16,18,19);1H. The van der Waals surface area contributed by atoms with Gasteiger partial charge in [0.15, 0.2) is 5.96 Å². The minimum Gasteiger partial charge on any atom is -0.357 e. The second-order valence-corrected chi connectivity index (χ2v) is 7.36. The average molecular weight is 465 g/mol. The van der Waals surface area contributed by atoms with Gasteiger partial charge in [0.05, 0.1) is 18.8 Å². The molecule has 0 aliphatic heterocycles. The number of aryl methyl sites for hydroxylation is 3. The zero-order valence-electron chi connectivity index (χ0n) is 14.0. The summed E-state index contributed by atoms with van der Waals surface area (Å²) in [6.07, 6.45) is 2.97. The molecule has 2 aromatic rings. The van der Waals surface area contributed by atoms with Crippen molar-refractivity contribution in [2.75, 3.05) is 6.54 Å². The summed E-state index contributed by atoms with van der Waals surface area (Å²) in [5.74, 6) is 0.807. The van der Waals surface area contributed by atoms with Crippen molar-refractivity contribution in [3.05, 3.63) is 31.7 Å². The number of nitrogens with one attached hydrogen (secondary N) is 2. The van der Waals surface area contributed by atoms with Crippen LogP contribution in [0.25, 0.3) is 0 Å². The summed E-state index contributed by atoms with van der Waals surface area (Å²) in [6, 6.07) is 0. The van der Waals surface area contributed by atoms with Crippen LogP contribution in [0.5, 0.6) is 0 Å². The summed E-state index contributed by atoms with van der Waals surface area (Å²) in [5, 5.41) is 8.73. The SMILES string of the molecule is CCNC(=NCc1ncc(CC)s1)NCc1nc(C)c(C)s1.I. The molecule has 0 aromatic carbocycles. The van der Waals surface area contributed by atoms with Gasteiger partial charge in [-0.2, -0.15) is 0 Å². The lowest BCUT2D eigenvalue weighted by Crippen LogP contribution is -2.36. The van der Waals surface area contributed by atoms with Crippen molar-refractivity contribution < 1.29 is 0 Å². The number of nitrogens with zero attached hydrogens (tertiary/aromatic N) is 3. The van der Waals surface area contributed by atoms with Crippen LogP contribution in [0.3, 0.4) is 0 Å². The Morgan fingerprint density at radius 2 is 1.96 bits per heavy atom. The van der Waals surface area contributed by atoms with Crippen molar-refractivity contribution in [1.29, 1.82) is 0 Å². The molecule has 0 aliphatic carbocycles. The van der Waals surface area contributed by atoms with Gasteiger partial charge in [0.1, 0.15) is 10.0 Å². The topological polar surface area (TPSA) is 62.2 Å². The Hall–Kier alpha value is -0.740. The van der Waals surface area contributed by atoms with Crippen LogP contribution in [0, 0.1) is 13.8 Å². The minimum atomic E-state index is 0. The quantitative estimate of drug-likeness (QED) is 0.389. The molecule has 0 saturated heterocycles. The average Bonchev–Trinajstić information content (AvgIpc) is 3.09. The molecule has 128 valence electrons. The molecule has 5 nitrogen and oxygen atoms in total. The van der Waals surface area contributed by atoms with E-state index in [9.17, 15) is 0 Å². The number of aliphatic imine (C=N–C) groups is 1. The van der Waals surface area contributed by atoms with E-state index in [0.717, 1.165) is 34.6 Å². The first kappa shape index (κ1) is 20.3. The first-order valence-corrected chi connectivity index (χ1v) is 9.14. The molecule has 0 amide bonds. The molecule has 0 spiro atoms. The number of rotatable bonds is 6. The predicted octanol–water partition coefficient (Wildman–Crippen LogP) is 3.65. The molecule has 0 saturated carbocycles. The zero-order chi connectivity index (χ0) is 15.9. The van der Waals surface area contributed by atoms with Gasteiger partial charge in [-0.1, -0.05) is 6.92 Å². The maximum atomic E-state index is 4.59. The number of thiazole rings is 2. The van der Waals surface area contributed by atoms with Gasteiger partial charge in [0, 0.05) is 22.5 Å². The van der Waals surface area contributed by atoms with E-state index in [1.165, 1.54) is 9.75 Å². The van der Waals surface area contributed by atoms with Crippen LogP contribution in [0.4, 0.5) is 0 Å². The molecule has 2 heterocycles. The highest BCUT2D eigenvalue weighted by Crippen LogP contribution is 2.16. The molecule has 0 aliphatic rings. The Morgan fingerprint density at radius 1 is 1.17 bits per heavy atom. The Kier molecular flexibility index (Phi) is 9.00. The monoisotopic (exact) mass is 465 g/mol. The van der Waals surface area contributed by atoms with Crippen LogP contribution in [-0.2, 0) is 19.5 Å². The summed E-state index contributed by atoms with van der Waals surface area (Å²) in [5.41, 5.74) is 1.11. The van der Waals surface area contributed by atoms with Gasteiger partial charge in [0.25, 0.3) is 0 Å². The Balaban J connectivity index is 0.00000264. The lowest BCUT2D eigenvalue weighted by molar-refractivity contribution is 0.809. The maximum Gasteiger partial charge on any atom is 0.192 e. The van der Waals surface area contributed by atoms with Gasteiger partial charge in [-0.25, -0.2) is 15.0 Å². The molecule has 0 unspecified atom stereocenters. The first-order valence-electron chi connectivity index (χ1n) is 7.51. The smallest absolute Gasteiger partial charge is 0.192 e. The molecule has 23 heavy (non-hydrogen) atoms. The van der Waals surface area contributed by atoms with Crippen LogP contribution in [-0.4, -0.2) is 22.5 Å². The van der Waals surface area contributed by atoms with Gasteiger partial charge in [0.2, 0.25) is 0 Å². The van der Waals surface area contributed by atoms with Gasteiger partial charge in [-0.3, -0.25) is 0 Å². The summed E-state index contributed by atoms with van der Waals surface area (Å²) < 4.78 is 0. The van der Waals surface area contributed by atoms with E-state index in [4.69, 9.17) is 0 Å². The Labute approximate surface area is 163 Å². The van der Waals surface area contributed by atoms with E-state index < -0.39 is 0 Å². The molecule has 0 radical (unpaired) electrons. The third-order valence-electron chi connectivity index (χ3n) is 3.15. The Morgan fingerprint density at radius 3 is 2.52 bits per heavy atom. The lowest BCUT2D eigenvalue weighted by atomic mass is 10.4. The largest absolute Gasteiger partial charge is 0.357 e. The van der Waals surface area contributed by atoms with Crippen LogP contribution in [0.2, 0.25) is 0 Å². The molecular formula is C15H24IN5S2. The van der Waals surface area contributed by atoms with Crippen LogP contribution in [0.1, 0.15) is 39.3 Å². The number of hydrogen-bond acceptors (Lipinski definition) is 5. The second-order valence-electron chi connectivity index (χ2n) is 4.87. The van der Waals surface area contributed by atoms with E-state index in [2.05, 4.69) is 46.4 Å². The van der Waals surface area contributed by atoms with Crippen molar-refractivity contribution in [1.82, 2.24) is 20.6 Å². The van der Waals surface area contributed by atoms with Crippen molar-refractivity contribution in [3.63, 3.8) is 0 Å². The van der Waals surface area contributed by atoms with Crippen molar-refractivity contribution in [3.8, 4) is 0 Å². The van der Waals surface area contributed by atoms with Crippen molar-refractivity contribution >= 4 is 52.6 Å². The third-order valence-corrected chi connectivity index (χ3v) is 5.35. The molecule has 2 rings (SSSR count). The summed E-state index contributed by atoms with van der Waals surface area (Å²) in [4.78, 5) is 16.1. The molecule has 2 aromatic heterocycles. The van der Waals surface area contributed by atoms with Crippen molar-refractivity contribution in [2.24, 2.45) is 4.99 Å². The van der Waals surface area contributed by atoms with Gasteiger partial charge >= 0.3 is 0 Å². The fourth-order valence-corrected chi connectivity index (χ4v) is 3.51. The lowest BCUT2D eigenvalue weighted by Gasteiger charge is -2.09. The van der Waals surface area contributed by atoms with Crippen molar-refractivity contribution in [2.45, 2.75) is 47.2 Å². The van der Waals surface area contributed by atoms with E-state index in [0.29, 0.717) is 13.1 Å². The molecule has 0 atom stereocenters. The van der Waals surface area contributed by atoms with E-state index in [1.807, 2.05) is 13.1 Å². The molecular weight excluding hydrogens is 441 g/mol. The van der Waals surface area contributed by atoms with Crippen LogP contribution >= 0.6 is 46.7 Å². The van der Waals surface area contributed by atoms with Crippen LogP contribution in [0.15, 0.2) is 11.2 Å². The fourth-order valence-electron chi connectivity index (χ4n) is 1.85. The summed E-state index contributed by atoms with van der Waals surface area (Å²) in [7, 11) is 0. The predicted molar refractivity (Wildman–Crippen MR) is 110 cm³/mol. The summed E-state index contributed by atoms with van der Waals surface area (Å²) >= 11 is 3.46. The Bertz CT molecular complexity index is 616. The molecule has 8 heteroatoms. The second kappa shape index (κ2) is 10.2. The third kappa shape index (κ3) is 6.34. The highest BCUT2D eigenvalue weighted by Gasteiger charge is 2.05. The van der Waals surface area contributed by atoms with Gasteiger partial charge in [-0.15, -0.1) is 46.7 Å². The van der Waals surface area contributed by atoms with Crippen LogP contribution < -0.4 is 10.6 Å². The molecule has 0 bridgehead atoms. The van der Waals surface area contributed by atoms with Gasteiger partial charge < -0.3 is 10.6 Å². The minimum absolute atomic E-state index is 0. The maximum absolute atomic E-state index is 4.59. The fraction of sp³-hybridized carbons (Fsp3) is 0.533. The number of aromatic nitrogens is 2. The normalized spacial score (nSPS) is 11.2. The molecule has 0 fully saturated rings. The highest BCUT2D eigenvalue weighted by atomic mass is 127. The van der Waals surface area contributed by atoms with Gasteiger partial charge in [-0.05, 0) is 27.2 Å². The summed E-state index contributed by atoms with van der Waals surface area (Å²) in [6.45, 7) is 10.5. The van der Waals surface area contributed by atoms with E-state index in [1.54, 1.807) is 22.7 Å². The molecule has 2 N–H and O–H groups in total. The number of hydrogen-bond donors (Lipinski definition) is 2. The zero-order valence-corrected chi connectivity index (χ0v) is 17.9. The number of halogens is 1. The van der Waals surface area contributed by atoms with E-state index >= 15 is 0 Å². The first-order chi connectivity index (χ1) is 10.6. The van der Waals surface area contributed by atoms with E-state index in [-0.39, 0.29) is 24.0 Å². The number of guanidine groups is 1.